The minimum absolute atomic E-state index is 0.0704. The van der Waals surface area contributed by atoms with Gasteiger partial charge in [0.1, 0.15) is 5.82 Å². The highest BCUT2D eigenvalue weighted by Crippen LogP contribution is 2.29. The van der Waals surface area contributed by atoms with Crippen LogP contribution in [0.2, 0.25) is 0 Å². The molecule has 3 aromatic rings. The van der Waals surface area contributed by atoms with Crippen molar-refractivity contribution < 1.29 is 18.8 Å². The summed E-state index contributed by atoms with van der Waals surface area (Å²) in [7, 11) is 0. The maximum absolute atomic E-state index is 13.0. The van der Waals surface area contributed by atoms with Gasteiger partial charge in [0.15, 0.2) is 0 Å². The zero-order chi connectivity index (χ0) is 24.1. The molecule has 34 heavy (non-hydrogen) atoms. The fourth-order valence-electron chi connectivity index (χ4n) is 3.65. The molecule has 0 saturated carbocycles. The SMILES string of the molecule is CC(SCC(=O)Nc1ccc(F)cc1)C(=O)Nc1ccc(C(=O)N2CCc3ccccc32)cc1. The summed E-state index contributed by atoms with van der Waals surface area (Å²) in [4.78, 5) is 39.3. The van der Waals surface area contributed by atoms with Gasteiger partial charge in [-0.1, -0.05) is 18.2 Å². The summed E-state index contributed by atoms with van der Waals surface area (Å²) >= 11 is 1.19. The van der Waals surface area contributed by atoms with Crippen LogP contribution < -0.4 is 15.5 Å². The van der Waals surface area contributed by atoms with Crippen molar-refractivity contribution in [3.8, 4) is 0 Å². The quantitative estimate of drug-likeness (QED) is 0.516. The predicted molar refractivity (Wildman–Crippen MR) is 134 cm³/mol. The van der Waals surface area contributed by atoms with Gasteiger partial charge < -0.3 is 15.5 Å². The average molecular weight is 478 g/mol. The van der Waals surface area contributed by atoms with E-state index in [0.29, 0.717) is 23.5 Å². The van der Waals surface area contributed by atoms with Gasteiger partial charge in [0, 0.05) is 29.2 Å². The van der Waals surface area contributed by atoms with E-state index >= 15 is 0 Å². The third-order valence-corrected chi connectivity index (χ3v) is 6.64. The second-order valence-corrected chi connectivity index (χ2v) is 9.24. The van der Waals surface area contributed by atoms with E-state index in [2.05, 4.69) is 10.6 Å². The molecule has 0 saturated heterocycles. The van der Waals surface area contributed by atoms with Gasteiger partial charge in [0.05, 0.1) is 11.0 Å². The van der Waals surface area contributed by atoms with Gasteiger partial charge in [-0.2, -0.15) is 0 Å². The molecule has 0 bridgehead atoms. The maximum atomic E-state index is 13.0. The molecule has 1 aliphatic heterocycles. The highest BCUT2D eigenvalue weighted by Gasteiger charge is 2.25. The van der Waals surface area contributed by atoms with E-state index in [4.69, 9.17) is 0 Å². The number of fused-ring (bicyclic) bond motifs is 1. The topological polar surface area (TPSA) is 78.5 Å². The van der Waals surface area contributed by atoms with E-state index in [0.717, 1.165) is 17.7 Å². The molecule has 0 fully saturated rings. The molecule has 1 heterocycles. The smallest absolute Gasteiger partial charge is 0.258 e. The summed E-state index contributed by atoms with van der Waals surface area (Å²) in [5.74, 6) is -0.887. The van der Waals surface area contributed by atoms with Gasteiger partial charge in [-0.3, -0.25) is 14.4 Å². The summed E-state index contributed by atoms with van der Waals surface area (Å²) in [6.07, 6.45) is 0.841. The number of anilines is 3. The van der Waals surface area contributed by atoms with Crippen LogP contribution in [0.15, 0.2) is 72.8 Å². The number of hydrogen-bond acceptors (Lipinski definition) is 4. The van der Waals surface area contributed by atoms with Gasteiger partial charge in [-0.25, -0.2) is 4.39 Å². The standard InChI is InChI=1S/C26H24FN3O3S/c1-17(34-16-24(31)28-21-12-8-20(27)9-13-21)25(32)29-22-10-6-19(7-11-22)26(33)30-15-14-18-4-2-3-5-23(18)30/h2-13,17H,14-16H2,1H3,(H,28,31)(H,29,32). The normalized spacial score (nSPS) is 13.2. The molecule has 0 radical (unpaired) electrons. The zero-order valence-corrected chi connectivity index (χ0v) is 19.4. The number of nitrogens with zero attached hydrogens (tertiary/aromatic N) is 1. The number of nitrogens with one attached hydrogen (secondary N) is 2. The van der Waals surface area contributed by atoms with Gasteiger partial charge in [0.2, 0.25) is 11.8 Å². The van der Waals surface area contributed by atoms with Crippen molar-refractivity contribution >= 4 is 46.5 Å². The molecular formula is C26H24FN3O3S. The fourth-order valence-corrected chi connectivity index (χ4v) is 4.34. The number of halogens is 1. The van der Waals surface area contributed by atoms with Crippen molar-refractivity contribution in [2.75, 3.05) is 27.8 Å². The Morgan fingerprint density at radius 1 is 0.941 bits per heavy atom. The zero-order valence-electron chi connectivity index (χ0n) is 18.6. The Balaban J connectivity index is 1.27. The van der Waals surface area contributed by atoms with Gasteiger partial charge in [0.25, 0.3) is 5.91 Å². The summed E-state index contributed by atoms with van der Waals surface area (Å²) in [5.41, 5.74) is 3.73. The molecular weight excluding hydrogens is 453 g/mol. The van der Waals surface area contributed by atoms with Crippen molar-refractivity contribution in [3.63, 3.8) is 0 Å². The van der Waals surface area contributed by atoms with Crippen molar-refractivity contribution in [3.05, 3.63) is 89.7 Å². The Morgan fingerprint density at radius 2 is 1.59 bits per heavy atom. The summed E-state index contributed by atoms with van der Waals surface area (Å²) in [6.45, 7) is 2.37. The molecule has 174 valence electrons. The van der Waals surface area contributed by atoms with Gasteiger partial charge >= 0.3 is 0 Å². The van der Waals surface area contributed by atoms with Crippen LogP contribution in [0.4, 0.5) is 21.5 Å². The summed E-state index contributed by atoms with van der Waals surface area (Å²) in [5, 5.41) is 5.01. The lowest BCUT2D eigenvalue weighted by Gasteiger charge is -2.17. The third-order valence-electron chi connectivity index (χ3n) is 5.49. The first kappa shape index (κ1) is 23.5. The monoisotopic (exact) mass is 477 g/mol. The van der Waals surface area contributed by atoms with Gasteiger partial charge in [-0.15, -0.1) is 11.8 Å². The lowest BCUT2D eigenvalue weighted by atomic mass is 10.1. The van der Waals surface area contributed by atoms with Crippen molar-refractivity contribution in [1.29, 1.82) is 0 Å². The molecule has 4 rings (SSSR count). The number of benzene rings is 3. The van der Waals surface area contributed by atoms with Crippen LogP contribution >= 0.6 is 11.8 Å². The molecule has 2 N–H and O–H groups in total. The third kappa shape index (κ3) is 5.63. The van der Waals surface area contributed by atoms with Crippen molar-refractivity contribution in [2.45, 2.75) is 18.6 Å². The highest BCUT2D eigenvalue weighted by atomic mass is 32.2. The Hall–Kier alpha value is -3.65. The number of carbonyl (C=O) groups excluding carboxylic acids is 3. The Kier molecular flexibility index (Phi) is 7.27. The summed E-state index contributed by atoms with van der Waals surface area (Å²) < 4.78 is 13.0. The minimum atomic E-state index is -0.471. The van der Waals surface area contributed by atoms with E-state index in [-0.39, 0.29) is 29.3 Å². The number of para-hydroxylation sites is 1. The number of hydrogen-bond donors (Lipinski definition) is 2. The lowest BCUT2D eigenvalue weighted by Crippen LogP contribution is -2.29. The number of thioether (sulfide) groups is 1. The molecule has 0 aliphatic carbocycles. The van der Waals surface area contributed by atoms with Crippen LogP contribution in [0.5, 0.6) is 0 Å². The molecule has 1 atom stereocenters. The largest absolute Gasteiger partial charge is 0.325 e. The highest BCUT2D eigenvalue weighted by molar-refractivity contribution is 8.01. The fraction of sp³-hybridized carbons (Fsp3) is 0.192. The Bertz CT molecular complexity index is 1200. The van der Waals surface area contributed by atoms with E-state index in [9.17, 15) is 18.8 Å². The maximum Gasteiger partial charge on any atom is 0.258 e. The molecule has 0 aromatic heterocycles. The Morgan fingerprint density at radius 3 is 2.32 bits per heavy atom. The minimum Gasteiger partial charge on any atom is -0.325 e. The van der Waals surface area contributed by atoms with Crippen LogP contribution in [0.1, 0.15) is 22.8 Å². The van der Waals surface area contributed by atoms with Crippen LogP contribution in [0, 0.1) is 5.82 Å². The van der Waals surface area contributed by atoms with E-state index in [1.807, 2.05) is 24.3 Å². The number of rotatable bonds is 7. The van der Waals surface area contributed by atoms with Crippen molar-refractivity contribution in [2.24, 2.45) is 0 Å². The van der Waals surface area contributed by atoms with Crippen LogP contribution in [0.3, 0.4) is 0 Å². The number of carbonyl (C=O) groups is 3. The van der Waals surface area contributed by atoms with E-state index in [1.54, 1.807) is 36.1 Å². The Labute approximate surface area is 201 Å². The van der Waals surface area contributed by atoms with E-state index < -0.39 is 5.25 Å². The molecule has 3 amide bonds. The molecule has 3 aromatic carbocycles. The molecule has 0 spiro atoms. The first-order valence-corrected chi connectivity index (χ1v) is 11.9. The molecule has 8 heteroatoms. The van der Waals surface area contributed by atoms with Crippen molar-refractivity contribution in [1.82, 2.24) is 0 Å². The van der Waals surface area contributed by atoms with Gasteiger partial charge in [-0.05, 0) is 73.5 Å². The van der Waals surface area contributed by atoms with Crippen LogP contribution in [-0.2, 0) is 16.0 Å². The van der Waals surface area contributed by atoms with Crippen LogP contribution in [-0.4, -0.2) is 35.3 Å². The second kappa shape index (κ2) is 10.5. The van der Waals surface area contributed by atoms with Crippen LogP contribution in [0.25, 0.3) is 0 Å². The van der Waals surface area contributed by atoms with E-state index in [1.165, 1.54) is 36.0 Å². The predicted octanol–water partition coefficient (Wildman–Crippen LogP) is 4.73. The average Bonchev–Trinajstić information content (AvgIpc) is 3.28. The number of amides is 3. The first-order chi connectivity index (χ1) is 16.4. The molecule has 1 aliphatic rings. The summed E-state index contributed by atoms with van der Waals surface area (Å²) in [6, 6.07) is 20.2. The first-order valence-electron chi connectivity index (χ1n) is 10.9. The molecule has 1 unspecified atom stereocenters. The second-order valence-electron chi connectivity index (χ2n) is 7.91. The lowest BCUT2D eigenvalue weighted by molar-refractivity contribution is -0.115. The molecule has 6 nitrogen and oxygen atoms in total.